The van der Waals surface area contributed by atoms with Gasteiger partial charge in [-0.2, -0.15) is 0 Å². The number of alkyl halides is 3. The number of hydrogen-bond donors (Lipinski definition) is 0. The van der Waals surface area contributed by atoms with Gasteiger partial charge in [-0.05, 0) is 22.6 Å². The number of benzene rings is 1. The predicted octanol–water partition coefficient (Wildman–Crippen LogP) is 2.92. The first-order chi connectivity index (χ1) is 12.3. The second kappa shape index (κ2) is 7.20. The molecule has 140 valence electrons. The topological polar surface area (TPSA) is 88.7 Å². The van der Waals surface area contributed by atoms with Crippen molar-refractivity contribution >= 4 is 5.82 Å². The van der Waals surface area contributed by atoms with E-state index in [1.807, 2.05) is 0 Å². The second-order valence-electron chi connectivity index (χ2n) is 5.68. The maximum Gasteiger partial charge on any atom is 0.573 e. The van der Waals surface area contributed by atoms with E-state index in [2.05, 4.69) is 9.72 Å². The highest BCUT2D eigenvalue weighted by atomic mass is 19.4. The molecule has 0 N–H and O–H groups in total. The van der Waals surface area contributed by atoms with E-state index in [-0.39, 0.29) is 30.1 Å². The molecule has 0 amide bonds. The van der Waals surface area contributed by atoms with Gasteiger partial charge < -0.3 is 24.3 Å². The van der Waals surface area contributed by atoms with Gasteiger partial charge in [0.25, 0.3) is 0 Å². The van der Waals surface area contributed by atoms with Crippen LogP contribution in [-0.2, 0) is 17.9 Å². The van der Waals surface area contributed by atoms with Gasteiger partial charge in [0.15, 0.2) is 0 Å². The summed E-state index contributed by atoms with van der Waals surface area (Å²) in [6.07, 6.45) is -3.42. The molecular weight excluding hydrogens is 359 g/mol. The van der Waals surface area contributed by atoms with Gasteiger partial charge in [0.2, 0.25) is 0 Å². The Morgan fingerprint density at radius 1 is 1.35 bits per heavy atom. The molecule has 3 rings (SSSR count). The van der Waals surface area contributed by atoms with Gasteiger partial charge in [-0.1, -0.05) is 12.1 Å². The second-order valence-corrected chi connectivity index (χ2v) is 5.68. The van der Waals surface area contributed by atoms with Gasteiger partial charge in [-0.3, -0.25) is 4.57 Å². The van der Waals surface area contributed by atoms with E-state index in [1.165, 1.54) is 30.5 Å². The van der Waals surface area contributed by atoms with Crippen LogP contribution in [-0.4, -0.2) is 34.1 Å². The SMILES string of the molecule is O=[N+]([O-])c1cn2c(n1)OCC(COCc1ccc(OC(F)(F)F)cc1)C2. The number of halogens is 3. The van der Waals surface area contributed by atoms with E-state index in [4.69, 9.17) is 9.47 Å². The van der Waals surface area contributed by atoms with E-state index in [0.717, 1.165) is 0 Å². The van der Waals surface area contributed by atoms with Crippen LogP contribution in [0.4, 0.5) is 19.0 Å². The molecule has 1 aromatic heterocycles. The fraction of sp³-hybridized carbons (Fsp3) is 0.400. The molecule has 1 aromatic carbocycles. The summed E-state index contributed by atoms with van der Waals surface area (Å²) in [5, 5.41) is 10.7. The zero-order valence-electron chi connectivity index (χ0n) is 13.3. The van der Waals surface area contributed by atoms with Crippen LogP contribution in [0.3, 0.4) is 0 Å². The fourth-order valence-corrected chi connectivity index (χ4v) is 2.47. The Morgan fingerprint density at radius 3 is 2.73 bits per heavy atom. The summed E-state index contributed by atoms with van der Waals surface area (Å²) in [7, 11) is 0. The normalized spacial score (nSPS) is 16.7. The Bertz CT molecular complexity index is 776. The Kier molecular flexibility index (Phi) is 4.98. The van der Waals surface area contributed by atoms with Crippen LogP contribution in [0.25, 0.3) is 0 Å². The van der Waals surface area contributed by atoms with Crippen LogP contribution in [0.1, 0.15) is 5.56 Å². The van der Waals surface area contributed by atoms with Crippen LogP contribution in [0.15, 0.2) is 30.5 Å². The number of hydrogen-bond acceptors (Lipinski definition) is 6. The maximum absolute atomic E-state index is 12.1. The molecule has 0 aliphatic carbocycles. The van der Waals surface area contributed by atoms with E-state index in [0.29, 0.717) is 25.3 Å². The first-order valence-electron chi connectivity index (χ1n) is 7.57. The van der Waals surface area contributed by atoms with Gasteiger partial charge in [0.1, 0.15) is 18.6 Å². The lowest BCUT2D eigenvalue weighted by molar-refractivity contribution is -0.389. The van der Waals surface area contributed by atoms with Crippen molar-refractivity contribution < 1.29 is 32.3 Å². The molecule has 1 unspecified atom stereocenters. The van der Waals surface area contributed by atoms with Crippen molar-refractivity contribution in [1.82, 2.24) is 9.55 Å². The van der Waals surface area contributed by atoms with Gasteiger partial charge in [0, 0.05) is 17.4 Å². The molecule has 0 radical (unpaired) electrons. The van der Waals surface area contributed by atoms with Gasteiger partial charge in [-0.25, -0.2) is 0 Å². The Labute approximate surface area is 145 Å². The van der Waals surface area contributed by atoms with Crippen molar-refractivity contribution in [3.8, 4) is 11.8 Å². The number of nitro groups is 1. The smallest absolute Gasteiger partial charge is 0.445 e. The third kappa shape index (κ3) is 4.63. The van der Waals surface area contributed by atoms with Crippen molar-refractivity contribution in [2.24, 2.45) is 5.92 Å². The van der Waals surface area contributed by atoms with Crippen LogP contribution in [0.5, 0.6) is 11.8 Å². The van der Waals surface area contributed by atoms with Gasteiger partial charge in [-0.15, -0.1) is 13.2 Å². The number of rotatable bonds is 6. The predicted molar refractivity (Wildman–Crippen MR) is 80.6 cm³/mol. The summed E-state index contributed by atoms with van der Waals surface area (Å²) in [4.78, 5) is 13.9. The zero-order chi connectivity index (χ0) is 18.7. The van der Waals surface area contributed by atoms with E-state index in [9.17, 15) is 23.3 Å². The lowest BCUT2D eigenvalue weighted by atomic mass is 10.1. The molecule has 8 nitrogen and oxygen atoms in total. The highest BCUT2D eigenvalue weighted by molar-refractivity contribution is 5.27. The Morgan fingerprint density at radius 2 is 2.08 bits per heavy atom. The van der Waals surface area contributed by atoms with Crippen molar-refractivity contribution in [1.29, 1.82) is 0 Å². The average molecular weight is 373 g/mol. The minimum atomic E-state index is -4.72. The summed E-state index contributed by atoms with van der Waals surface area (Å²) in [5.41, 5.74) is 0.690. The molecule has 1 aliphatic rings. The molecule has 1 aliphatic heterocycles. The lowest BCUT2D eigenvalue weighted by Gasteiger charge is -2.21. The molecule has 0 saturated heterocycles. The summed E-state index contributed by atoms with van der Waals surface area (Å²) in [6, 6.07) is 5.60. The molecule has 2 aromatic rings. The van der Waals surface area contributed by atoms with Crippen molar-refractivity contribution in [3.63, 3.8) is 0 Å². The van der Waals surface area contributed by atoms with Crippen molar-refractivity contribution in [2.75, 3.05) is 13.2 Å². The number of ether oxygens (including phenoxy) is 3. The standard InChI is InChI=1S/C15H14F3N3O5/c16-15(17,18)26-12-3-1-10(2-4-12)7-24-8-11-5-20-6-13(21(22)23)19-14(20)25-9-11/h1-4,6,11H,5,7-9H2. The number of imidazole rings is 1. The lowest BCUT2D eigenvalue weighted by Crippen LogP contribution is -2.28. The summed E-state index contributed by atoms with van der Waals surface area (Å²) < 4.78 is 52.6. The largest absolute Gasteiger partial charge is 0.573 e. The molecule has 26 heavy (non-hydrogen) atoms. The Hall–Kier alpha value is -2.82. The van der Waals surface area contributed by atoms with Crippen LogP contribution < -0.4 is 9.47 Å². The van der Waals surface area contributed by atoms with Crippen LogP contribution in [0.2, 0.25) is 0 Å². The molecule has 1 atom stereocenters. The number of fused-ring (bicyclic) bond motifs is 1. The molecule has 0 spiro atoms. The first-order valence-corrected chi connectivity index (χ1v) is 7.57. The summed E-state index contributed by atoms with van der Waals surface area (Å²) in [5.74, 6) is -0.594. The quantitative estimate of drug-likeness (QED) is 0.571. The highest BCUT2D eigenvalue weighted by Gasteiger charge is 2.31. The monoisotopic (exact) mass is 373 g/mol. The minimum Gasteiger partial charge on any atom is -0.445 e. The van der Waals surface area contributed by atoms with Gasteiger partial charge >= 0.3 is 18.2 Å². The molecule has 11 heteroatoms. The van der Waals surface area contributed by atoms with E-state index in [1.54, 1.807) is 4.57 Å². The first kappa shape index (κ1) is 18.0. The average Bonchev–Trinajstić information content (AvgIpc) is 2.99. The Balaban J connectivity index is 1.47. The van der Waals surface area contributed by atoms with Crippen molar-refractivity contribution in [3.05, 3.63) is 46.1 Å². The molecule has 0 fully saturated rings. The maximum atomic E-state index is 12.1. The minimum absolute atomic E-state index is 0.0239. The van der Waals surface area contributed by atoms with E-state index >= 15 is 0 Å². The third-order valence-electron chi connectivity index (χ3n) is 3.60. The highest BCUT2D eigenvalue weighted by Crippen LogP contribution is 2.25. The number of nitrogens with zero attached hydrogens (tertiary/aromatic N) is 3. The van der Waals surface area contributed by atoms with Crippen LogP contribution >= 0.6 is 0 Å². The fourth-order valence-electron chi connectivity index (χ4n) is 2.47. The van der Waals surface area contributed by atoms with Crippen LogP contribution in [0, 0.1) is 16.0 Å². The molecule has 2 heterocycles. The van der Waals surface area contributed by atoms with Gasteiger partial charge in [0.05, 0.1) is 13.2 Å². The number of aromatic nitrogens is 2. The zero-order valence-corrected chi connectivity index (χ0v) is 13.3. The van der Waals surface area contributed by atoms with E-state index < -0.39 is 11.3 Å². The summed E-state index contributed by atoms with van der Waals surface area (Å²) in [6.45, 7) is 1.31. The van der Waals surface area contributed by atoms with Crippen molar-refractivity contribution in [2.45, 2.75) is 19.5 Å². The molecule has 0 bridgehead atoms. The summed E-state index contributed by atoms with van der Waals surface area (Å²) >= 11 is 0. The third-order valence-corrected chi connectivity index (χ3v) is 3.60. The molecular formula is C15H14F3N3O5. The molecule has 0 saturated carbocycles.